The molecule has 0 saturated carbocycles. The predicted octanol–water partition coefficient (Wildman–Crippen LogP) is 4.23. The fourth-order valence-electron chi connectivity index (χ4n) is 2.40. The molecular weight excluding hydrogens is 378 g/mol. The molecule has 150 valence electrons. The molecule has 0 N–H and O–H groups in total. The lowest BCUT2D eigenvalue weighted by molar-refractivity contribution is -0.135. The summed E-state index contributed by atoms with van der Waals surface area (Å²) >= 11 is 0. The van der Waals surface area contributed by atoms with Crippen LogP contribution in [-0.2, 0) is 23.9 Å². The molecule has 6 nitrogen and oxygen atoms in total. The van der Waals surface area contributed by atoms with E-state index < -0.39 is 16.1 Å². The van der Waals surface area contributed by atoms with Crippen LogP contribution in [0.25, 0.3) is 0 Å². The lowest BCUT2D eigenvalue weighted by Crippen LogP contribution is -2.20. The lowest BCUT2D eigenvalue weighted by Gasteiger charge is -2.08. The lowest BCUT2D eigenvalue weighted by atomic mass is 10.1. The number of ether oxygens (including phenoxy) is 1. The molecule has 0 fully saturated rings. The van der Waals surface area contributed by atoms with Gasteiger partial charge in [0.25, 0.3) is 0 Å². The van der Waals surface area contributed by atoms with E-state index >= 15 is 0 Å². The number of carbonyl (C=O) groups is 1. The summed E-state index contributed by atoms with van der Waals surface area (Å²) in [7, 11) is -4.14. The molecule has 28 heavy (non-hydrogen) atoms. The van der Waals surface area contributed by atoms with Gasteiger partial charge in [0.2, 0.25) is 0 Å². The maximum absolute atomic E-state index is 12.4. The van der Waals surface area contributed by atoms with Gasteiger partial charge >= 0.3 is 16.1 Å². The Kier molecular flexibility index (Phi) is 8.19. The van der Waals surface area contributed by atoms with Gasteiger partial charge in [-0.15, -0.1) is 0 Å². The number of carbonyl (C=O) groups excluding carboxylic acids is 1. The third-order valence-electron chi connectivity index (χ3n) is 4.01. The standard InChI is InChI=1S/C21H25NO5S/c1-3-4-5-9-16-26-21(23)20(18-10-7-6-8-11-18)22-27-28(24,25)19-14-12-17(2)13-15-19/h6-8,10-15H,3-5,9,16H2,1-2H3. The average Bonchev–Trinajstić information content (AvgIpc) is 2.69. The number of hydrogen-bond acceptors (Lipinski definition) is 6. The minimum Gasteiger partial charge on any atom is -0.461 e. The summed E-state index contributed by atoms with van der Waals surface area (Å²) in [6, 6.07) is 14.6. The van der Waals surface area contributed by atoms with Crippen LogP contribution in [0.15, 0.2) is 64.6 Å². The van der Waals surface area contributed by atoms with Crippen LogP contribution in [0.4, 0.5) is 0 Å². The molecule has 2 aromatic rings. The average molecular weight is 404 g/mol. The smallest absolute Gasteiger partial charge is 0.361 e. The molecule has 0 unspecified atom stereocenters. The van der Waals surface area contributed by atoms with Crippen LogP contribution >= 0.6 is 0 Å². The highest BCUT2D eigenvalue weighted by Gasteiger charge is 2.21. The van der Waals surface area contributed by atoms with Crippen LogP contribution in [0.3, 0.4) is 0 Å². The minimum atomic E-state index is -4.14. The van der Waals surface area contributed by atoms with Gasteiger partial charge in [-0.2, -0.15) is 8.42 Å². The molecule has 0 aromatic heterocycles. The first kappa shape index (κ1) is 21.6. The van der Waals surface area contributed by atoms with E-state index in [9.17, 15) is 13.2 Å². The van der Waals surface area contributed by atoms with E-state index in [1.807, 2.05) is 6.92 Å². The van der Waals surface area contributed by atoms with Crippen molar-refractivity contribution >= 4 is 21.8 Å². The monoisotopic (exact) mass is 403 g/mol. The Balaban J connectivity index is 2.17. The summed E-state index contributed by atoms with van der Waals surface area (Å²) < 4.78 is 34.7. The zero-order valence-corrected chi connectivity index (χ0v) is 16.9. The zero-order chi connectivity index (χ0) is 20.4. The maximum atomic E-state index is 12.4. The normalized spacial score (nSPS) is 11.9. The van der Waals surface area contributed by atoms with E-state index in [0.717, 1.165) is 31.2 Å². The SMILES string of the molecule is CCCCCCOC(=O)C(=NOS(=O)(=O)c1ccc(C)cc1)c1ccccc1. The fourth-order valence-corrected chi connectivity index (χ4v) is 3.13. The Morgan fingerprint density at radius 2 is 1.64 bits per heavy atom. The van der Waals surface area contributed by atoms with Gasteiger partial charge < -0.3 is 4.74 Å². The summed E-state index contributed by atoms with van der Waals surface area (Å²) in [6.45, 7) is 4.19. The second-order valence-corrected chi connectivity index (χ2v) is 7.87. The Hall–Kier alpha value is -2.67. The summed E-state index contributed by atoms with van der Waals surface area (Å²) in [6.07, 6.45) is 3.84. The number of hydrogen-bond donors (Lipinski definition) is 0. The first-order valence-electron chi connectivity index (χ1n) is 9.25. The van der Waals surface area contributed by atoms with Crippen molar-refractivity contribution in [3.8, 4) is 0 Å². The molecule has 7 heteroatoms. The predicted molar refractivity (Wildman–Crippen MR) is 108 cm³/mol. The zero-order valence-electron chi connectivity index (χ0n) is 16.1. The number of aryl methyl sites for hydroxylation is 1. The van der Waals surface area contributed by atoms with Crippen molar-refractivity contribution in [1.29, 1.82) is 0 Å². The van der Waals surface area contributed by atoms with Crippen LogP contribution in [0.2, 0.25) is 0 Å². The molecule has 0 saturated heterocycles. The molecule has 0 radical (unpaired) electrons. The number of benzene rings is 2. The molecule has 2 aromatic carbocycles. The van der Waals surface area contributed by atoms with E-state index in [1.54, 1.807) is 42.5 Å². The van der Waals surface area contributed by atoms with Crippen LogP contribution < -0.4 is 0 Å². The molecule has 0 bridgehead atoms. The van der Waals surface area contributed by atoms with Gasteiger partial charge in [-0.1, -0.05) is 79.4 Å². The van der Waals surface area contributed by atoms with Crippen molar-refractivity contribution in [2.24, 2.45) is 5.16 Å². The molecule has 0 aliphatic rings. The van der Waals surface area contributed by atoms with Crippen molar-refractivity contribution in [2.75, 3.05) is 6.61 Å². The van der Waals surface area contributed by atoms with E-state index in [1.165, 1.54) is 12.1 Å². The van der Waals surface area contributed by atoms with Gasteiger partial charge in [0.15, 0.2) is 5.71 Å². The Labute approximate surface area is 166 Å². The molecular formula is C21H25NO5S. The first-order valence-corrected chi connectivity index (χ1v) is 10.7. The van der Waals surface area contributed by atoms with Crippen molar-refractivity contribution in [3.63, 3.8) is 0 Å². The maximum Gasteiger partial charge on any atom is 0.361 e. The summed E-state index contributed by atoms with van der Waals surface area (Å²) in [5, 5.41) is 3.63. The molecule has 0 atom stereocenters. The second-order valence-electron chi connectivity index (χ2n) is 6.34. The van der Waals surface area contributed by atoms with Gasteiger partial charge in [0, 0.05) is 5.56 Å². The van der Waals surface area contributed by atoms with Crippen molar-refractivity contribution in [1.82, 2.24) is 0 Å². The number of esters is 1. The number of oxime groups is 1. The minimum absolute atomic E-state index is 0.0396. The van der Waals surface area contributed by atoms with Gasteiger partial charge in [-0.25, -0.2) is 4.79 Å². The van der Waals surface area contributed by atoms with Gasteiger partial charge in [0.1, 0.15) is 4.90 Å². The Morgan fingerprint density at radius 3 is 2.29 bits per heavy atom. The number of nitrogens with zero attached hydrogens (tertiary/aromatic N) is 1. The summed E-state index contributed by atoms with van der Waals surface area (Å²) in [5.41, 5.74) is 1.14. The van der Waals surface area contributed by atoms with Crippen LogP contribution in [0, 0.1) is 6.92 Å². The Morgan fingerprint density at radius 1 is 0.964 bits per heavy atom. The molecule has 2 rings (SSSR count). The van der Waals surface area contributed by atoms with E-state index in [0.29, 0.717) is 5.56 Å². The molecule has 0 spiro atoms. The highest BCUT2D eigenvalue weighted by atomic mass is 32.2. The molecule has 0 aliphatic heterocycles. The van der Waals surface area contributed by atoms with Gasteiger partial charge in [-0.3, -0.25) is 4.28 Å². The largest absolute Gasteiger partial charge is 0.461 e. The van der Waals surface area contributed by atoms with Crippen molar-refractivity contribution in [2.45, 2.75) is 44.4 Å². The second kappa shape index (κ2) is 10.6. The van der Waals surface area contributed by atoms with Crippen molar-refractivity contribution < 1.29 is 22.2 Å². The Bertz CT molecular complexity index is 890. The van der Waals surface area contributed by atoms with Crippen LogP contribution in [0.1, 0.15) is 43.7 Å². The third kappa shape index (κ3) is 6.49. The van der Waals surface area contributed by atoms with E-state index in [2.05, 4.69) is 12.1 Å². The highest BCUT2D eigenvalue weighted by Crippen LogP contribution is 2.15. The van der Waals surface area contributed by atoms with Crippen molar-refractivity contribution in [3.05, 3.63) is 65.7 Å². The van der Waals surface area contributed by atoms with Crippen LogP contribution in [-0.4, -0.2) is 26.7 Å². The molecule has 0 heterocycles. The molecule has 0 amide bonds. The topological polar surface area (TPSA) is 82.0 Å². The highest BCUT2D eigenvalue weighted by molar-refractivity contribution is 7.86. The number of unbranched alkanes of at least 4 members (excludes halogenated alkanes) is 3. The fraction of sp³-hybridized carbons (Fsp3) is 0.333. The van der Waals surface area contributed by atoms with Gasteiger partial charge in [-0.05, 0) is 25.5 Å². The quantitative estimate of drug-likeness (QED) is 0.257. The van der Waals surface area contributed by atoms with Gasteiger partial charge in [0.05, 0.1) is 6.61 Å². The first-order chi connectivity index (χ1) is 13.4. The van der Waals surface area contributed by atoms with Crippen LogP contribution in [0.5, 0.6) is 0 Å². The third-order valence-corrected chi connectivity index (χ3v) is 5.13. The molecule has 0 aliphatic carbocycles. The van der Waals surface area contributed by atoms with E-state index in [-0.39, 0.29) is 17.2 Å². The van der Waals surface area contributed by atoms with E-state index in [4.69, 9.17) is 9.02 Å². The number of rotatable bonds is 10. The summed E-state index contributed by atoms with van der Waals surface area (Å²) in [4.78, 5) is 12.4. The summed E-state index contributed by atoms with van der Waals surface area (Å²) in [5.74, 6) is -0.721.